The van der Waals surface area contributed by atoms with Crippen LogP contribution in [0.25, 0.3) is 11.1 Å². The summed E-state index contributed by atoms with van der Waals surface area (Å²) >= 11 is 0. The number of alkyl carbamates (subject to hydrolysis) is 1. The lowest BCUT2D eigenvalue weighted by Crippen LogP contribution is -2.33. The lowest BCUT2D eigenvalue weighted by Gasteiger charge is -2.14. The third-order valence-corrected chi connectivity index (χ3v) is 6.77. The number of hydrogen-bond donors (Lipinski definition) is 1. The molecule has 238 valence electrons. The molecule has 3 amide bonds. The number of hydrogen-bond acceptors (Lipinski definition) is 11. The molecule has 13 heteroatoms. The van der Waals surface area contributed by atoms with Gasteiger partial charge in [0.05, 0.1) is 59.5 Å². The molecule has 13 nitrogen and oxygen atoms in total. The van der Waals surface area contributed by atoms with Gasteiger partial charge in [-0.1, -0.05) is 48.5 Å². The van der Waals surface area contributed by atoms with Gasteiger partial charge in [-0.25, -0.2) is 9.59 Å². The van der Waals surface area contributed by atoms with Gasteiger partial charge in [-0.2, -0.15) is 0 Å². The van der Waals surface area contributed by atoms with Crippen molar-refractivity contribution < 1.29 is 52.4 Å². The van der Waals surface area contributed by atoms with Crippen molar-refractivity contribution in [1.29, 1.82) is 0 Å². The third kappa shape index (κ3) is 10.1. The molecule has 4 rings (SSSR count). The molecule has 2 aromatic carbocycles. The first kappa shape index (κ1) is 33.0. The number of imide groups is 1. The number of ether oxygens (including phenoxy) is 6. The Bertz CT molecular complexity index is 1190. The molecule has 1 aliphatic carbocycles. The van der Waals surface area contributed by atoms with E-state index < -0.39 is 30.5 Å². The van der Waals surface area contributed by atoms with E-state index in [-0.39, 0.29) is 38.6 Å². The second-order valence-corrected chi connectivity index (χ2v) is 9.80. The van der Waals surface area contributed by atoms with E-state index in [1.807, 2.05) is 24.3 Å². The van der Waals surface area contributed by atoms with Crippen LogP contribution in [-0.4, -0.2) is 108 Å². The topological polar surface area (TPSA) is 148 Å². The van der Waals surface area contributed by atoms with Gasteiger partial charge in [-0.3, -0.25) is 9.59 Å². The van der Waals surface area contributed by atoms with Crippen molar-refractivity contribution in [2.45, 2.75) is 18.8 Å². The summed E-state index contributed by atoms with van der Waals surface area (Å²) < 4.78 is 32.3. The summed E-state index contributed by atoms with van der Waals surface area (Å²) in [5.74, 6) is -1.88. The quantitative estimate of drug-likeness (QED) is 0.173. The first-order valence-corrected chi connectivity index (χ1v) is 14.6. The Morgan fingerprint density at radius 1 is 0.682 bits per heavy atom. The maximum absolute atomic E-state index is 12.2. The third-order valence-electron chi connectivity index (χ3n) is 6.77. The Morgan fingerprint density at radius 3 is 1.70 bits per heavy atom. The van der Waals surface area contributed by atoms with Gasteiger partial charge in [-0.15, -0.1) is 5.06 Å². The number of amides is 3. The van der Waals surface area contributed by atoms with Crippen LogP contribution >= 0.6 is 0 Å². The molecule has 44 heavy (non-hydrogen) atoms. The lowest BCUT2D eigenvalue weighted by molar-refractivity contribution is -0.200. The van der Waals surface area contributed by atoms with Gasteiger partial charge in [0, 0.05) is 25.3 Å². The van der Waals surface area contributed by atoms with Gasteiger partial charge in [0.15, 0.2) is 0 Å². The van der Waals surface area contributed by atoms with Crippen LogP contribution in [0.15, 0.2) is 48.5 Å². The predicted octanol–water partition coefficient (Wildman–Crippen LogP) is 2.22. The van der Waals surface area contributed by atoms with Crippen molar-refractivity contribution >= 4 is 23.9 Å². The molecule has 0 saturated carbocycles. The molecule has 0 atom stereocenters. The monoisotopic (exact) mass is 614 g/mol. The summed E-state index contributed by atoms with van der Waals surface area (Å²) in [5, 5.41) is 3.19. The van der Waals surface area contributed by atoms with Gasteiger partial charge in [-0.05, 0) is 22.3 Å². The van der Waals surface area contributed by atoms with Crippen molar-refractivity contribution in [3.05, 3.63) is 59.7 Å². The second kappa shape index (κ2) is 18.0. The minimum Gasteiger partial charge on any atom is -0.449 e. The average molecular weight is 615 g/mol. The van der Waals surface area contributed by atoms with Gasteiger partial charge in [0.25, 0.3) is 11.8 Å². The van der Waals surface area contributed by atoms with Crippen LogP contribution in [0, 0.1) is 0 Å². The SMILES string of the molecule is O=C(COCCOCCOCCOCCOCCNC(=O)OCC1c2ccccc2-c2ccccc21)ON1C(=O)CCC1=O. The van der Waals surface area contributed by atoms with Crippen LogP contribution in [0.5, 0.6) is 0 Å². The van der Waals surface area contributed by atoms with Crippen LogP contribution in [0.3, 0.4) is 0 Å². The molecule has 1 heterocycles. The van der Waals surface area contributed by atoms with Crippen LogP contribution < -0.4 is 5.32 Å². The highest BCUT2D eigenvalue weighted by Gasteiger charge is 2.33. The smallest absolute Gasteiger partial charge is 0.407 e. The van der Waals surface area contributed by atoms with E-state index in [4.69, 9.17) is 28.4 Å². The summed E-state index contributed by atoms with van der Waals surface area (Å²) in [7, 11) is 0. The predicted molar refractivity (Wildman–Crippen MR) is 154 cm³/mol. The standard InChI is InChI=1S/C31H38N2O11/c34-28-9-10-29(35)33(28)44-30(36)22-42-20-19-41-18-17-40-16-15-39-14-13-38-12-11-32-31(37)43-21-27-25-7-3-1-5-23(25)24-6-2-4-8-26(24)27/h1-8,27H,9-22H2,(H,32,37). The largest absolute Gasteiger partial charge is 0.449 e. The van der Waals surface area contributed by atoms with Crippen molar-refractivity contribution in [2.75, 3.05) is 79.2 Å². The first-order valence-electron chi connectivity index (χ1n) is 14.6. The Hall–Kier alpha value is -3.88. The molecule has 1 N–H and O–H groups in total. The Labute approximate surface area is 255 Å². The maximum Gasteiger partial charge on any atom is 0.407 e. The highest BCUT2D eigenvalue weighted by molar-refractivity contribution is 6.01. The van der Waals surface area contributed by atoms with Crippen LogP contribution in [-0.2, 0) is 47.6 Å². The lowest BCUT2D eigenvalue weighted by atomic mass is 9.98. The summed E-state index contributed by atoms with van der Waals surface area (Å²) in [6.45, 7) is 3.18. The highest BCUT2D eigenvalue weighted by atomic mass is 16.7. The number of carbonyl (C=O) groups is 4. The Morgan fingerprint density at radius 2 is 1.16 bits per heavy atom. The number of hydroxylamine groups is 2. The van der Waals surface area contributed by atoms with E-state index in [1.54, 1.807) is 0 Å². The molecule has 2 aromatic rings. The van der Waals surface area contributed by atoms with Gasteiger partial charge < -0.3 is 38.6 Å². The van der Waals surface area contributed by atoms with Gasteiger partial charge in [0.1, 0.15) is 13.2 Å². The zero-order valence-electron chi connectivity index (χ0n) is 24.5. The van der Waals surface area contributed by atoms with E-state index in [9.17, 15) is 19.2 Å². The maximum atomic E-state index is 12.2. The Balaban J connectivity index is 0.897. The normalized spacial score (nSPS) is 14.0. The second-order valence-electron chi connectivity index (χ2n) is 9.80. The highest BCUT2D eigenvalue weighted by Crippen LogP contribution is 2.44. The van der Waals surface area contributed by atoms with Crippen LogP contribution in [0.2, 0.25) is 0 Å². The molecule has 1 fully saturated rings. The number of benzene rings is 2. The Kier molecular flexibility index (Phi) is 13.5. The zero-order chi connectivity index (χ0) is 31.0. The van der Waals surface area contributed by atoms with Crippen molar-refractivity contribution in [2.24, 2.45) is 0 Å². The van der Waals surface area contributed by atoms with Crippen molar-refractivity contribution in [1.82, 2.24) is 10.4 Å². The number of nitrogens with zero attached hydrogens (tertiary/aromatic N) is 1. The van der Waals surface area contributed by atoms with Crippen LogP contribution in [0.4, 0.5) is 4.79 Å². The zero-order valence-corrected chi connectivity index (χ0v) is 24.5. The summed E-state index contributed by atoms with van der Waals surface area (Å²) in [4.78, 5) is 51.2. The van der Waals surface area contributed by atoms with Gasteiger partial charge >= 0.3 is 12.1 Å². The number of fused-ring (bicyclic) bond motifs is 3. The molecule has 0 bridgehead atoms. The van der Waals surface area contributed by atoms with E-state index in [1.165, 1.54) is 22.3 Å². The van der Waals surface area contributed by atoms with E-state index in [0.717, 1.165) is 0 Å². The molecular weight excluding hydrogens is 576 g/mol. The molecule has 1 aliphatic heterocycles. The summed E-state index contributed by atoms with van der Waals surface area (Å²) in [6, 6.07) is 16.4. The summed E-state index contributed by atoms with van der Waals surface area (Å²) in [5.41, 5.74) is 4.71. The fourth-order valence-corrected chi connectivity index (χ4v) is 4.70. The molecule has 0 spiro atoms. The molecule has 2 aliphatic rings. The average Bonchev–Trinajstić information content (AvgIpc) is 3.53. The molecular formula is C31H38N2O11. The van der Waals surface area contributed by atoms with Gasteiger partial charge in [0.2, 0.25) is 0 Å². The van der Waals surface area contributed by atoms with E-state index in [2.05, 4.69) is 34.4 Å². The fourth-order valence-electron chi connectivity index (χ4n) is 4.70. The minimum absolute atomic E-state index is 0.0205. The fraction of sp³-hybridized carbons (Fsp3) is 0.484. The van der Waals surface area contributed by atoms with E-state index in [0.29, 0.717) is 57.9 Å². The first-order chi connectivity index (χ1) is 21.5. The summed E-state index contributed by atoms with van der Waals surface area (Å²) in [6.07, 6.45) is -0.400. The number of carbonyl (C=O) groups excluding carboxylic acids is 4. The van der Waals surface area contributed by atoms with Crippen molar-refractivity contribution in [3.63, 3.8) is 0 Å². The minimum atomic E-state index is -0.826. The molecule has 0 unspecified atom stereocenters. The number of nitrogens with one attached hydrogen (secondary N) is 1. The van der Waals surface area contributed by atoms with Crippen LogP contribution in [0.1, 0.15) is 29.9 Å². The molecule has 0 aromatic heterocycles. The molecule has 1 saturated heterocycles. The number of rotatable bonds is 20. The van der Waals surface area contributed by atoms with Crippen molar-refractivity contribution in [3.8, 4) is 11.1 Å². The molecule has 0 radical (unpaired) electrons. The van der Waals surface area contributed by atoms with E-state index >= 15 is 0 Å².